The minimum atomic E-state index is -4.59. The van der Waals surface area contributed by atoms with Gasteiger partial charge < -0.3 is 26.2 Å². The van der Waals surface area contributed by atoms with Crippen molar-refractivity contribution in [3.05, 3.63) is 101 Å². The lowest BCUT2D eigenvalue weighted by Crippen LogP contribution is -2.54. The lowest BCUT2D eigenvalue weighted by atomic mass is 9.91. The number of allylic oxidation sites excluding steroid dienone is 1. The van der Waals surface area contributed by atoms with Crippen LogP contribution in [-0.4, -0.2) is 110 Å². The molecule has 1 unspecified atom stereocenters. The van der Waals surface area contributed by atoms with Gasteiger partial charge in [0.2, 0.25) is 23.6 Å². The Kier molecular flexibility index (Phi) is 15.7. The highest BCUT2D eigenvalue weighted by Gasteiger charge is 2.45. The number of unbranched alkanes of at least 4 members (excludes halogenated alkanes) is 1. The van der Waals surface area contributed by atoms with Crippen molar-refractivity contribution in [2.75, 3.05) is 42.1 Å². The van der Waals surface area contributed by atoms with E-state index in [1.165, 1.54) is 12.1 Å². The number of carbonyl (C=O) groups is 7. The molecule has 1 aliphatic carbocycles. The molecular formula is C54H58F3N11O7. The summed E-state index contributed by atoms with van der Waals surface area (Å²) in [6, 6.07) is 12.2. The average molecular weight is 1030 g/mol. The van der Waals surface area contributed by atoms with Crippen molar-refractivity contribution < 1.29 is 46.7 Å². The highest BCUT2D eigenvalue weighted by atomic mass is 19.4. The van der Waals surface area contributed by atoms with E-state index in [0.29, 0.717) is 65.9 Å². The number of nitrogens with two attached hydrogens (primary N) is 1. The number of nitrogens with one attached hydrogen (secondary N) is 4. The number of amides is 7. The minimum absolute atomic E-state index is 0.0190. The standard InChI is InChI=1S/C54H58F3N11O7/c55-54(56,57)36-21-24-59-42(28-36)62-50(72)34-15-13-33(14-16-34)47-46-48(65-64-47)35(30-60-49(46)58)9-3-2-6-25-67(31-44(70)61-37-10-4-1-5-11-37)45(71)12-7-8-32-22-26-66(27-23-32)38-17-18-39-40(29-38)53(75)68(52(39)74)41-19-20-43(69)63-51(41)73/h3,9,13-18,21,24,28-30,32,37,41H,1-2,4-8,10-12,19-20,22-23,25-27,31H2,(H2,58,60)(H,61,70)(H,64,65)(H,59,62,72)(H,63,69,73)/b9-3+. The second-order valence-electron chi connectivity index (χ2n) is 19.6. The molecule has 0 spiro atoms. The number of imide groups is 2. The number of pyridine rings is 2. The van der Waals surface area contributed by atoms with Crippen LogP contribution in [0.4, 0.5) is 30.5 Å². The molecule has 0 radical (unpaired) electrons. The SMILES string of the molecule is Nc1ncc(/C=C/CCCN(CC(=O)NC2CCCCC2)C(=O)CCCC2CCN(c3ccc4c(c3)C(=O)N(C3CCC(=O)NC3=O)C4=O)CC2)c2n[nH]c(-c3ccc(C(=O)Nc4cc(C(F)(F)F)ccn4)cc3)c12. The Morgan fingerprint density at radius 1 is 0.880 bits per heavy atom. The van der Waals surface area contributed by atoms with Crippen molar-refractivity contribution in [2.45, 2.75) is 108 Å². The summed E-state index contributed by atoms with van der Waals surface area (Å²) in [5.41, 5.74) is 9.35. The van der Waals surface area contributed by atoms with Crippen LogP contribution in [0.3, 0.4) is 0 Å². The van der Waals surface area contributed by atoms with E-state index >= 15 is 0 Å². The number of H-pyrrole nitrogens is 1. The number of nitrogen functional groups attached to an aromatic ring is 1. The normalized spacial score (nSPS) is 17.7. The van der Waals surface area contributed by atoms with Crippen molar-refractivity contribution in [1.82, 2.24) is 40.6 Å². The molecule has 21 heteroatoms. The van der Waals surface area contributed by atoms with Gasteiger partial charge in [0, 0.05) is 73.3 Å². The maximum absolute atomic E-state index is 13.8. The summed E-state index contributed by atoms with van der Waals surface area (Å²) < 4.78 is 39.5. The van der Waals surface area contributed by atoms with Crippen LogP contribution in [-0.2, 0) is 25.4 Å². The number of alkyl halides is 3. The third-order valence-electron chi connectivity index (χ3n) is 14.6. The fourth-order valence-corrected chi connectivity index (χ4v) is 10.5. The van der Waals surface area contributed by atoms with E-state index in [1.807, 2.05) is 18.2 Å². The predicted octanol–water partition coefficient (Wildman–Crippen LogP) is 7.43. The van der Waals surface area contributed by atoms with Crippen LogP contribution in [0, 0.1) is 5.92 Å². The van der Waals surface area contributed by atoms with E-state index in [1.54, 1.807) is 35.4 Å². The van der Waals surface area contributed by atoms with Gasteiger partial charge in [0.05, 0.1) is 34.3 Å². The summed E-state index contributed by atoms with van der Waals surface area (Å²) in [6.07, 6.45) is 11.9. The highest BCUT2D eigenvalue weighted by Crippen LogP contribution is 2.35. The maximum atomic E-state index is 13.8. The summed E-state index contributed by atoms with van der Waals surface area (Å²) in [4.78, 5) is 104. The van der Waals surface area contributed by atoms with Gasteiger partial charge >= 0.3 is 6.18 Å². The lowest BCUT2D eigenvalue weighted by Gasteiger charge is -2.34. The zero-order chi connectivity index (χ0) is 52.8. The van der Waals surface area contributed by atoms with Gasteiger partial charge in [-0.2, -0.15) is 18.3 Å². The molecule has 5 aromatic rings. The first kappa shape index (κ1) is 51.9. The third-order valence-corrected chi connectivity index (χ3v) is 14.6. The van der Waals surface area contributed by atoms with Crippen LogP contribution < -0.4 is 26.6 Å². The number of carbonyl (C=O) groups excluding carboxylic acids is 7. The number of hydrogen-bond acceptors (Lipinski definition) is 12. The van der Waals surface area contributed by atoms with E-state index in [2.05, 4.69) is 41.0 Å². The molecule has 6 heterocycles. The monoisotopic (exact) mass is 1030 g/mol. The van der Waals surface area contributed by atoms with Gasteiger partial charge in [-0.05, 0) is 106 Å². The van der Waals surface area contributed by atoms with E-state index in [4.69, 9.17) is 5.73 Å². The molecule has 1 atom stereocenters. The Morgan fingerprint density at radius 2 is 1.64 bits per heavy atom. The fraction of sp³-hybridized carbons (Fsp3) is 0.407. The van der Waals surface area contributed by atoms with Gasteiger partial charge in [-0.3, -0.25) is 48.9 Å². The fourth-order valence-electron chi connectivity index (χ4n) is 10.5. The number of rotatable bonds is 17. The van der Waals surface area contributed by atoms with Crippen molar-refractivity contribution >= 4 is 75.7 Å². The summed E-state index contributed by atoms with van der Waals surface area (Å²) >= 11 is 0. The van der Waals surface area contributed by atoms with Crippen molar-refractivity contribution in [1.29, 1.82) is 0 Å². The number of aromatic amines is 1. The van der Waals surface area contributed by atoms with Crippen molar-refractivity contribution in [3.63, 3.8) is 0 Å². The Morgan fingerprint density at radius 3 is 2.39 bits per heavy atom. The molecule has 2 aromatic carbocycles. The smallest absolute Gasteiger partial charge is 0.383 e. The number of hydrogen-bond donors (Lipinski definition) is 5. The van der Waals surface area contributed by atoms with Crippen molar-refractivity contribution in [3.8, 4) is 11.3 Å². The zero-order valence-electron chi connectivity index (χ0n) is 41.2. The van der Waals surface area contributed by atoms with Gasteiger partial charge in [-0.15, -0.1) is 0 Å². The molecule has 2 saturated heterocycles. The van der Waals surface area contributed by atoms with Crippen LogP contribution >= 0.6 is 0 Å². The quantitative estimate of drug-likeness (QED) is 0.0451. The first-order valence-electron chi connectivity index (χ1n) is 25.5. The summed E-state index contributed by atoms with van der Waals surface area (Å²) in [5, 5.41) is 15.9. The zero-order valence-corrected chi connectivity index (χ0v) is 41.2. The van der Waals surface area contributed by atoms with Crippen LogP contribution in [0.2, 0.25) is 0 Å². The first-order chi connectivity index (χ1) is 36.1. The van der Waals surface area contributed by atoms with Gasteiger partial charge in [-0.25, -0.2) is 9.97 Å². The summed E-state index contributed by atoms with van der Waals surface area (Å²) in [6.45, 7) is 1.81. The molecule has 3 aliphatic heterocycles. The van der Waals surface area contributed by atoms with E-state index in [-0.39, 0.29) is 65.6 Å². The molecule has 18 nitrogen and oxygen atoms in total. The molecule has 3 aromatic heterocycles. The third kappa shape index (κ3) is 12.0. The van der Waals surface area contributed by atoms with Crippen LogP contribution in [0.25, 0.3) is 28.2 Å². The Labute approximate surface area is 430 Å². The van der Waals surface area contributed by atoms with Gasteiger partial charge in [0.25, 0.3) is 17.7 Å². The second-order valence-corrected chi connectivity index (χ2v) is 19.6. The Hall–Kier alpha value is -7.97. The first-order valence-corrected chi connectivity index (χ1v) is 25.5. The molecule has 1 saturated carbocycles. The summed E-state index contributed by atoms with van der Waals surface area (Å²) in [7, 11) is 0. The van der Waals surface area contributed by atoms with Crippen LogP contribution in [0.1, 0.15) is 132 Å². The van der Waals surface area contributed by atoms with E-state index in [9.17, 15) is 46.7 Å². The number of aromatic nitrogens is 4. The Balaban J connectivity index is 0.772. The molecule has 4 aliphatic rings. The van der Waals surface area contributed by atoms with Crippen LogP contribution in [0.15, 0.2) is 73.1 Å². The van der Waals surface area contributed by atoms with Crippen molar-refractivity contribution in [2.24, 2.45) is 5.92 Å². The number of anilines is 3. The topological polar surface area (TPSA) is 246 Å². The largest absolute Gasteiger partial charge is 0.416 e. The molecule has 75 heavy (non-hydrogen) atoms. The molecule has 6 N–H and O–H groups in total. The molecule has 7 amide bonds. The summed E-state index contributed by atoms with van der Waals surface area (Å²) in [5.74, 6) is -2.66. The van der Waals surface area contributed by atoms with Gasteiger partial charge in [0.1, 0.15) is 23.2 Å². The van der Waals surface area contributed by atoms with Crippen LogP contribution in [0.5, 0.6) is 0 Å². The minimum Gasteiger partial charge on any atom is -0.383 e. The number of halogens is 3. The number of fused-ring (bicyclic) bond motifs is 2. The molecule has 3 fully saturated rings. The van der Waals surface area contributed by atoms with Gasteiger partial charge in [0.15, 0.2) is 0 Å². The van der Waals surface area contributed by atoms with E-state index < -0.39 is 47.3 Å². The number of benzene rings is 2. The highest BCUT2D eigenvalue weighted by molar-refractivity contribution is 6.23. The Bertz CT molecular complexity index is 3040. The molecule has 392 valence electrons. The lowest BCUT2D eigenvalue weighted by molar-refractivity contribution is -0.138. The molecular weight excluding hydrogens is 972 g/mol. The molecule has 9 rings (SSSR count). The predicted molar refractivity (Wildman–Crippen MR) is 273 cm³/mol. The number of piperidine rings is 2. The average Bonchev–Trinajstić information content (AvgIpc) is 3.96. The molecule has 0 bridgehead atoms. The van der Waals surface area contributed by atoms with Gasteiger partial charge in [-0.1, -0.05) is 43.5 Å². The van der Waals surface area contributed by atoms with E-state index in [0.717, 1.165) is 93.4 Å². The maximum Gasteiger partial charge on any atom is 0.416 e. The number of nitrogens with zero attached hydrogens (tertiary/aromatic N) is 6. The second kappa shape index (κ2) is 22.7.